The lowest BCUT2D eigenvalue weighted by atomic mass is 10.0. The highest BCUT2D eigenvalue weighted by Gasteiger charge is 2.18. The van der Waals surface area contributed by atoms with Crippen LogP contribution in [0.1, 0.15) is 37.0 Å². The standard InChI is InChI=1S/C17H24N2O2/c1-13(2)6-9-19-10-7-15(8-11-19)18-16-5-3-4-14(12-16)17(20)21/h3-6,12,15,18H,7-11H2,1-2H3,(H,20,21). The number of carbonyl (C=O) groups is 1. The van der Waals surface area contributed by atoms with Crippen LogP contribution in [0.3, 0.4) is 0 Å². The SMILES string of the molecule is CC(C)=CCN1CCC(Nc2cccc(C(=O)O)c2)CC1. The van der Waals surface area contributed by atoms with Gasteiger partial charge >= 0.3 is 5.97 Å². The Balaban J connectivity index is 1.84. The van der Waals surface area contributed by atoms with Crippen LogP contribution in [-0.2, 0) is 0 Å². The molecule has 21 heavy (non-hydrogen) atoms. The third kappa shape index (κ3) is 4.90. The van der Waals surface area contributed by atoms with Gasteiger partial charge in [0.1, 0.15) is 0 Å². The number of carboxylic acids is 1. The molecule has 4 heteroatoms. The lowest BCUT2D eigenvalue weighted by Gasteiger charge is -2.32. The summed E-state index contributed by atoms with van der Waals surface area (Å²) in [6.07, 6.45) is 4.45. The van der Waals surface area contributed by atoms with Gasteiger partial charge in [0.2, 0.25) is 0 Å². The van der Waals surface area contributed by atoms with Crippen molar-refractivity contribution in [2.75, 3.05) is 25.0 Å². The zero-order valence-corrected chi connectivity index (χ0v) is 12.8. The Morgan fingerprint density at radius 2 is 2.10 bits per heavy atom. The number of likely N-dealkylation sites (tertiary alicyclic amines) is 1. The highest BCUT2D eigenvalue weighted by atomic mass is 16.4. The number of benzene rings is 1. The van der Waals surface area contributed by atoms with Crippen molar-refractivity contribution in [3.8, 4) is 0 Å². The van der Waals surface area contributed by atoms with Gasteiger partial charge in [0.05, 0.1) is 5.56 Å². The summed E-state index contributed by atoms with van der Waals surface area (Å²) in [4.78, 5) is 13.4. The number of aromatic carboxylic acids is 1. The number of hydrogen-bond acceptors (Lipinski definition) is 3. The molecule has 0 unspecified atom stereocenters. The van der Waals surface area contributed by atoms with E-state index in [1.54, 1.807) is 18.2 Å². The van der Waals surface area contributed by atoms with E-state index in [2.05, 4.69) is 30.1 Å². The maximum absolute atomic E-state index is 11.0. The smallest absolute Gasteiger partial charge is 0.335 e. The summed E-state index contributed by atoms with van der Waals surface area (Å²) < 4.78 is 0. The molecule has 0 amide bonds. The van der Waals surface area contributed by atoms with Crippen molar-refractivity contribution in [3.63, 3.8) is 0 Å². The average molecular weight is 288 g/mol. The van der Waals surface area contributed by atoms with E-state index in [1.165, 1.54) is 5.57 Å². The van der Waals surface area contributed by atoms with E-state index in [-0.39, 0.29) is 0 Å². The lowest BCUT2D eigenvalue weighted by Crippen LogP contribution is -2.39. The summed E-state index contributed by atoms with van der Waals surface area (Å²) >= 11 is 0. The highest BCUT2D eigenvalue weighted by molar-refractivity contribution is 5.88. The maximum Gasteiger partial charge on any atom is 0.335 e. The molecule has 1 aromatic carbocycles. The number of nitrogens with one attached hydrogen (secondary N) is 1. The van der Waals surface area contributed by atoms with Crippen LogP contribution in [0.2, 0.25) is 0 Å². The van der Waals surface area contributed by atoms with Crippen LogP contribution < -0.4 is 5.32 Å². The van der Waals surface area contributed by atoms with Crippen molar-refractivity contribution in [2.24, 2.45) is 0 Å². The maximum atomic E-state index is 11.0. The molecule has 2 rings (SSSR count). The van der Waals surface area contributed by atoms with Gasteiger partial charge in [-0.1, -0.05) is 17.7 Å². The zero-order valence-electron chi connectivity index (χ0n) is 12.8. The van der Waals surface area contributed by atoms with E-state index in [1.807, 2.05) is 6.07 Å². The van der Waals surface area contributed by atoms with E-state index in [0.29, 0.717) is 11.6 Å². The fraction of sp³-hybridized carbons (Fsp3) is 0.471. The summed E-state index contributed by atoms with van der Waals surface area (Å²) in [5.74, 6) is -0.879. The Hall–Kier alpha value is -1.81. The van der Waals surface area contributed by atoms with Gasteiger partial charge in [-0.2, -0.15) is 0 Å². The molecule has 0 radical (unpaired) electrons. The summed E-state index contributed by atoms with van der Waals surface area (Å²) in [5, 5.41) is 12.5. The van der Waals surface area contributed by atoms with Crippen molar-refractivity contribution in [2.45, 2.75) is 32.7 Å². The second-order valence-electron chi connectivity index (χ2n) is 5.89. The van der Waals surface area contributed by atoms with Crippen molar-refractivity contribution in [1.29, 1.82) is 0 Å². The molecule has 1 aliphatic rings. The predicted octanol–water partition coefficient (Wildman–Crippen LogP) is 3.23. The van der Waals surface area contributed by atoms with E-state index in [9.17, 15) is 4.79 Å². The molecular weight excluding hydrogens is 264 g/mol. The first-order chi connectivity index (χ1) is 10.0. The molecule has 0 atom stereocenters. The molecule has 0 bridgehead atoms. The van der Waals surface area contributed by atoms with Gasteiger partial charge in [-0.15, -0.1) is 0 Å². The van der Waals surface area contributed by atoms with Crippen LogP contribution in [0.15, 0.2) is 35.9 Å². The molecule has 0 aromatic heterocycles. The number of anilines is 1. The summed E-state index contributed by atoms with van der Waals surface area (Å²) in [5.41, 5.74) is 2.60. The first-order valence-corrected chi connectivity index (χ1v) is 7.50. The zero-order chi connectivity index (χ0) is 15.2. The number of hydrogen-bond donors (Lipinski definition) is 2. The van der Waals surface area contributed by atoms with Crippen LogP contribution in [0.5, 0.6) is 0 Å². The topological polar surface area (TPSA) is 52.6 Å². The largest absolute Gasteiger partial charge is 0.478 e. The number of piperidine rings is 1. The van der Waals surface area contributed by atoms with Crippen LogP contribution in [0.25, 0.3) is 0 Å². The van der Waals surface area contributed by atoms with Gasteiger partial charge in [-0.25, -0.2) is 4.79 Å². The molecule has 0 aliphatic carbocycles. The van der Waals surface area contributed by atoms with Gasteiger partial charge in [0.15, 0.2) is 0 Å². The van der Waals surface area contributed by atoms with Crippen LogP contribution >= 0.6 is 0 Å². The Labute approximate surface area is 126 Å². The summed E-state index contributed by atoms with van der Waals surface area (Å²) in [7, 11) is 0. The second kappa shape index (κ2) is 7.27. The van der Waals surface area contributed by atoms with Gasteiger partial charge in [0, 0.05) is 31.4 Å². The molecule has 1 aromatic rings. The van der Waals surface area contributed by atoms with Crippen LogP contribution in [0, 0.1) is 0 Å². The molecule has 1 aliphatic heterocycles. The number of carboxylic acid groups (broad SMARTS) is 1. The van der Waals surface area contributed by atoms with Gasteiger partial charge in [0.25, 0.3) is 0 Å². The number of rotatable bonds is 5. The Morgan fingerprint density at radius 3 is 2.71 bits per heavy atom. The van der Waals surface area contributed by atoms with Gasteiger partial charge in [-0.3, -0.25) is 4.90 Å². The molecule has 2 N–H and O–H groups in total. The Bertz CT molecular complexity index is 513. The molecule has 1 saturated heterocycles. The fourth-order valence-electron chi connectivity index (χ4n) is 2.55. The second-order valence-corrected chi connectivity index (χ2v) is 5.89. The normalized spacial score (nSPS) is 16.5. The Kier molecular flexibility index (Phi) is 5.39. The Morgan fingerprint density at radius 1 is 1.38 bits per heavy atom. The van der Waals surface area contributed by atoms with E-state index >= 15 is 0 Å². The monoisotopic (exact) mass is 288 g/mol. The molecule has 0 spiro atoms. The molecule has 4 nitrogen and oxygen atoms in total. The first kappa shape index (κ1) is 15.6. The van der Waals surface area contributed by atoms with Crippen LogP contribution in [0.4, 0.5) is 5.69 Å². The quantitative estimate of drug-likeness (QED) is 0.817. The van der Waals surface area contributed by atoms with Crippen molar-refractivity contribution in [3.05, 3.63) is 41.5 Å². The van der Waals surface area contributed by atoms with Crippen LogP contribution in [-0.4, -0.2) is 41.7 Å². The minimum atomic E-state index is -0.879. The van der Waals surface area contributed by atoms with Crippen molar-refractivity contribution >= 4 is 11.7 Å². The fourth-order valence-corrected chi connectivity index (χ4v) is 2.55. The molecule has 1 fully saturated rings. The third-order valence-corrected chi connectivity index (χ3v) is 3.83. The molecule has 114 valence electrons. The van der Waals surface area contributed by atoms with E-state index in [4.69, 9.17) is 5.11 Å². The molecule has 1 heterocycles. The predicted molar refractivity (Wildman–Crippen MR) is 85.9 cm³/mol. The summed E-state index contributed by atoms with van der Waals surface area (Å²) in [6, 6.07) is 7.47. The van der Waals surface area contributed by atoms with E-state index < -0.39 is 5.97 Å². The minimum absolute atomic E-state index is 0.334. The summed E-state index contributed by atoms with van der Waals surface area (Å²) in [6.45, 7) is 7.46. The van der Waals surface area contributed by atoms with Crippen molar-refractivity contribution < 1.29 is 9.90 Å². The minimum Gasteiger partial charge on any atom is -0.478 e. The lowest BCUT2D eigenvalue weighted by molar-refractivity contribution is 0.0697. The van der Waals surface area contributed by atoms with E-state index in [0.717, 1.165) is 38.2 Å². The average Bonchev–Trinajstić information content (AvgIpc) is 2.47. The first-order valence-electron chi connectivity index (χ1n) is 7.50. The third-order valence-electron chi connectivity index (χ3n) is 3.83. The number of nitrogens with zero attached hydrogens (tertiary/aromatic N) is 1. The number of allylic oxidation sites excluding steroid dienone is 1. The molecule has 0 saturated carbocycles. The molecular formula is C17H24N2O2. The van der Waals surface area contributed by atoms with Gasteiger partial charge < -0.3 is 10.4 Å². The highest BCUT2D eigenvalue weighted by Crippen LogP contribution is 2.18. The van der Waals surface area contributed by atoms with Gasteiger partial charge in [-0.05, 0) is 44.9 Å². The van der Waals surface area contributed by atoms with Crippen molar-refractivity contribution in [1.82, 2.24) is 4.90 Å².